The van der Waals surface area contributed by atoms with Gasteiger partial charge in [0.1, 0.15) is 0 Å². The van der Waals surface area contributed by atoms with Crippen molar-refractivity contribution >= 4 is 23.3 Å². The number of aryl methyl sites for hydroxylation is 1. The van der Waals surface area contributed by atoms with Gasteiger partial charge >= 0.3 is 0 Å². The van der Waals surface area contributed by atoms with Gasteiger partial charge in [-0.25, -0.2) is 0 Å². The number of hydrogen-bond acceptors (Lipinski definition) is 5. The van der Waals surface area contributed by atoms with E-state index in [0.717, 1.165) is 16.8 Å². The van der Waals surface area contributed by atoms with E-state index in [-0.39, 0.29) is 16.5 Å². The molecular formula is C16H15ClN6O. The van der Waals surface area contributed by atoms with Crippen molar-refractivity contribution in [2.75, 3.05) is 5.32 Å². The lowest BCUT2D eigenvalue weighted by Crippen LogP contribution is -2.16. The van der Waals surface area contributed by atoms with Crippen molar-refractivity contribution in [2.24, 2.45) is 12.8 Å². The first-order valence-corrected chi connectivity index (χ1v) is 7.57. The molecule has 0 unspecified atom stereocenters. The van der Waals surface area contributed by atoms with Crippen molar-refractivity contribution in [1.82, 2.24) is 20.0 Å². The number of nitrogens with one attached hydrogen (secondary N) is 1. The van der Waals surface area contributed by atoms with Crippen LogP contribution in [0.1, 0.15) is 15.9 Å². The van der Waals surface area contributed by atoms with E-state index in [1.807, 2.05) is 43.6 Å². The second-order valence-corrected chi connectivity index (χ2v) is 5.58. The van der Waals surface area contributed by atoms with Gasteiger partial charge in [-0.2, -0.15) is 5.10 Å². The molecule has 0 radical (unpaired) electrons. The maximum atomic E-state index is 11.5. The summed E-state index contributed by atoms with van der Waals surface area (Å²) in [6.45, 7) is 0.411. The van der Waals surface area contributed by atoms with Gasteiger partial charge < -0.3 is 11.1 Å². The molecule has 0 aliphatic carbocycles. The van der Waals surface area contributed by atoms with Crippen LogP contribution in [0.5, 0.6) is 0 Å². The van der Waals surface area contributed by atoms with Crippen LogP contribution in [0.15, 0.2) is 42.6 Å². The zero-order valence-corrected chi connectivity index (χ0v) is 13.7. The number of nitrogens with two attached hydrogens (primary N) is 1. The molecule has 122 valence electrons. The quantitative estimate of drug-likeness (QED) is 0.740. The summed E-state index contributed by atoms with van der Waals surface area (Å²) < 4.78 is 1.74. The number of carbonyl (C=O) groups excluding carboxylic acids is 1. The molecule has 0 saturated carbocycles. The van der Waals surface area contributed by atoms with E-state index in [4.69, 9.17) is 17.3 Å². The number of aromatic nitrogens is 4. The zero-order chi connectivity index (χ0) is 17.1. The summed E-state index contributed by atoms with van der Waals surface area (Å²) in [5.41, 5.74) is 8.37. The van der Waals surface area contributed by atoms with Crippen LogP contribution in [-0.2, 0) is 13.6 Å². The maximum absolute atomic E-state index is 11.5. The first-order valence-electron chi connectivity index (χ1n) is 7.19. The minimum atomic E-state index is -0.622. The Kier molecular flexibility index (Phi) is 4.43. The Hall–Kier alpha value is -2.93. The second kappa shape index (κ2) is 6.67. The Bertz CT molecular complexity index is 878. The SMILES string of the molecule is Cn1cc(CNc2nnc(Cl)cc2C(N)=O)c(-c2ccccc2)n1. The summed E-state index contributed by atoms with van der Waals surface area (Å²) in [6, 6.07) is 11.2. The number of nitrogens with zero attached hydrogens (tertiary/aromatic N) is 4. The molecule has 0 fully saturated rings. The summed E-state index contributed by atoms with van der Waals surface area (Å²) >= 11 is 5.76. The average Bonchev–Trinajstić information content (AvgIpc) is 2.95. The zero-order valence-electron chi connectivity index (χ0n) is 12.9. The Morgan fingerprint density at radius 2 is 2.04 bits per heavy atom. The molecule has 1 amide bonds. The monoisotopic (exact) mass is 342 g/mol. The second-order valence-electron chi connectivity index (χ2n) is 5.19. The molecule has 2 aromatic heterocycles. The van der Waals surface area contributed by atoms with Gasteiger partial charge in [-0.3, -0.25) is 9.48 Å². The van der Waals surface area contributed by atoms with Gasteiger partial charge in [-0.1, -0.05) is 41.9 Å². The molecule has 0 aliphatic heterocycles. The molecule has 1 aromatic carbocycles. The van der Waals surface area contributed by atoms with Crippen LogP contribution in [0.4, 0.5) is 5.82 Å². The van der Waals surface area contributed by atoms with Crippen molar-refractivity contribution in [1.29, 1.82) is 0 Å². The summed E-state index contributed by atoms with van der Waals surface area (Å²) in [5.74, 6) is -0.335. The van der Waals surface area contributed by atoms with Gasteiger partial charge in [-0.05, 0) is 6.07 Å². The molecular weight excluding hydrogens is 328 g/mol. The van der Waals surface area contributed by atoms with Gasteiger partial charge in [0.15, 0.2) is 11.0 Å². The normalized spacial score (nSPS) is 10.6. The van der Waals surface area contributed by atoms with Crippen LogP contribution in [0.3, 0.4) is 0 Å². The fraction of sp³-hybridized carbons (Fsp3) is 0.125. The van der Waals surface area contributed by atoms with E-state index in [1.165, 1.54) is 6.07 Å². The van der Waals surface area contributed by atoms with Gasteiger partial charge in [0.2, 0.25) is 0 Å². The van der Waals surface area contributed by atoms with E-state index >= 15 is 0 Å². The number of primary amides is 1. The minimum Gasteiger partial charge on any atom is -0.365 e. The van der Waals surface area contributed by atoms with Crippen molar-refractivity contribution in [3.05, 3.63) is 58.9 Å². The van der Waals surface area contributed by atoms with E-state index < -0.39 is 5.91 Å². The Balaban J connectivity index is 1.88. The highest BCUT2D eigenvalue weighted by atomic mass is 35.5. The number of halogens is 1. The Morgan fingerprint density at radius 1 is 1.29 bits per heavy atom. The molecule has 3 aromatic rings. The minimum absolute atomic E-state index is 0.112. The van der Waals surface area contributed by atoms with E-state index in [9.17, 15) is 4.79 Å². The average molecular weight is 343 g/mol. The van der Waals surface area contributed by atoms with Gasteiger partial charge in [0.05, 0.1) is 11.3 Å². The number of hydrogen-bond donors (Lipinski definition) is 2. The van der Waals surface area contributed by atoms with Crippen molar-refractivity contribution in [2.45, 2.75) is 6.54 Å². The molecule has 24 heavy (non-hydrogen) atoms. The van der Waals surface area contributed by atoms with E-state index in [0.29, 0.717) is 6.54 Å². The van der Waals surface area contributed by atoms with Crippen molar-refractivity contribution in [3.63, 3.8) is 0 Å². The topological polar surface area (TPSA) is 98.7 Å². The molecule has 0 aliphatic rings. The van der Waals surface area contributed by atoms with Crippen LogP contribution < -0.4 is 11.1 Å². The highest BCUT2D eigenvalue weighted by Gasteiger charge is 2.14. The summed E-state index contributed by atoms with van der Waals surface area (Å²) in [7, 11) is 1.85. The molecule has 0 atom stereocenters. The van der Waals surface area contributed by atoms with E-state index in [2.05, 4.69) is 20.6 Å². The van der Waals surface area contributed by atoms with Crippen LogP contribution >= 0.6 is 11.6 Å². The van der Waals surface area contributed by atoms with E-state index in [1.54, 1.807) is 4.68 Å². The number of benzene rings is 1. The van der Waals surface area contributed by atoms with Crippen LogP contribution in [0.25, 0.3) is 11.3 Å². The first-order chi connectivity index (χ1) is 11.5. The fourth-order valence-corrected chi connectivity index (χ4v) is 2.52. The highest BCUT2D eigenvalue weighted by Crippen LogP contribution is 2.23. The lowest BCUT2D eigenvalue weighted by Gasteiger charge is -2.08. The predicted octanol–water partition coefficient (Wildman–Crippen LogP) is 2.24. The fourth-order valence-electron chi connectivity index (χ4n) is 2.37. The molecule has 8 heteroatoms. The third-order valence-electron chi connectivity index (χ3n) is 3.43. The molecule has 3 N–H and O–H groups in total. The summed E-state index contributed by atoms with van der Waals surface area (Å²) in [5, 5.41) is 15.3. The molecule has 2 heterocycles. The molecule has 0 bridgehead atoms. The van der Waals surface area contributed by atoms with Gasteiger partial charge in [0.25, 0.3) is 5.91 Å². The maximum Gasteiger partial charge on any atom is 0.252 e. The molecule has 3 rings (SSSR count). The first kappa shape index (κ1) is 15.9. The number of carbonyl (C=O) groups is 1. The number of anilines is 1. The Morgan fingerprint density at radius 3 is 2.75 bits per heavy atom. The lowest BCUT2D eigenvalue weighted by atomic mass is 10.1. The Labute approximate surface area is 143 Å². The number of amides is 1. The smallest absolute Gasteiger partial charge is 0.252 e. The predicted molar refractivity (Wildman–Crippen MR) is 91.5 cm³/mol. The van der Waals surface area contributed by atoms with Crippen LogP contribution in [-0.4, -0.2) is 25.9 Å². The van der Waals surface area contributed by atoms with Crippen molar-refractivity contribution < 1.29 is 4.79 Å². The van der Waals surface area contributed by atoms with Crippen LogP contribution in [0, 0.1) is 0 Å². The molecule has 7 nitrogen and oxygen atoms in total. The molecule has 0 spiro atoms. The third-order valence-corrected chi connectivity index (χ3v) is 3.61. The summed E-state index contributed by atoms with van der Waals surface area (Å²) in [4.78, 5) is 11.5. The third kappa shape index (κ3) is 3.36. The number of rotatable bonds is 5. The lowest BCUT2D eigenvalue weighted by molar-refractivity contribution is 0.100. The highest BCUT2D eigenvalue weighted by molar-refractivity contribution is 6.29. The van der Waals surface area contributed by atoms with Crippen LogP contribution in [0.2, 0.25) is 5.15 Å². The van der Waals surface area contributed by atoms with Gasteiger partial charge in [0, 0.05) is 30.9 Å². The standard InChI is InChI=1S/C16H15ClN6O/c1-23-9-11(14(22-23)10-5-3-2-4-6-10)8-19-16-12(15(18)24)7-13(17)20-21-16/h2-7,9H,8H2,1H3,(H2,18,24)(H,19,21). The molecule has 0 saturated heterocycles. The largest absolute Gasteiger partial charge is 0.365 e. The summed E-state index contributed by atoms with van der Waals surface area (Å²) in [6.07, 6.45) is 1.91. The van der Waals surface area contributed by atoms with Crippen molar-refractivity contribution in [3.8, 4) is 11.3 Å². The van der Waals surface area contributed by atoms with Gasteiger partial charge in [-0.15, -0.1) is 10.2 Å².